The molecule has 0 aliphatic carbocycles. The number of hydrogen-bond donors (Lipinski definition) is 1. The maximum absolute atomic E-state index is 12.4. The summed E-state index contributed by atoms with van der Waals surface area (Å²) in [5.41, 5.74) is 0.402. The number of unbranched alkanes of at least 4 members (excludes halogenated alkanes) is 1. The van der Waals surface area contributed by atoms with Gasteiger partial charge in [0, 0.05) is 16.6 Å². The zero-order valence-corrected chi connectivity index (χ0v) is 15.6. The van der Waals surface area contributed by atoms with E-state index in [0.717, 1.165) is 17.7 Å². The number of ether oxygens (including phenoxy) is 2. The average molecular weight is 369 g/mol. The highest BCUT2D eigenvalue weighted by Gasteiger charge is 2.17. The zero-order chi connectivity index (χ0) is 17.5. The average Bonchev–Trinajstić information content (AvgIpc) is 2.95. The number of rotatable bonds is 8. The fourth-order valence-electron chi connectivity index (χ4n) is 2.00. The summed E-state index contributed by atoms with van der Waals surface area (Å²) in [6.07, 6.45) is 3.66. The number of carbonyl (C=O) groups is 1. The third-order valence-corrected chi connectivity index (χ3v) is 4.27. The van der Waals surface area contributed by atoms with E-state index in [9.17, 15) is 4.79 Å². The smallest absolute Gasteiger partial charge is 0.257 e. The van der Waals surface area contributed by atoms with Crippen LogP contribution in [0.2, 0.25) is 5.02 Å². The van der Waals surface area contributed by atoms with E-state index in [1.54, 1.807) is 18.3 Å². The van der Waals surface area contributed by atoms with Crippen LogP contribution in [0, 0.1) is 6.92 Å². The second-order valence-corrected chi connectivity index (χ2v) is 6.79. The van der Waals surface area contributed by atoms with Crippen LogP contribution < -0.4 is 14.8 Å². The fourth-order valence-corrected chi connectivity index (χ4v) is 2.93. The quantitative estimate of drug-likeness (QED) is 0.671. The number of anilines is 1. The van der Waals surface area contributed by atoms with Gasteiger partial charge in [0.1, 0.15) is 0 Å². The van der Waals surface area contributed by atoms with Crippen molar-refractivity contribution in [1.82, 2.24) is 4.98 Å². The Morgan fingerprint density at radius 1 is 1.33 bits per heavy atom. The van der Waals surface area contributed by atoms with Gasteiger partial charge in [-0.2, -0.15) is 0 Å². The molecule has 1 aromatic carbocycles. The normalized spacial score (nSPS) is 10.5. The van der Waals surface area contributed by atoms with Gasteiger partial charge in [0.2, 0.25) is 0 Å². The summed E-state index contributed by atoms with van der Waals surface area (Å²) in [6.45, 7) is 6.90. The summed E-state index contributed by atoms with van der Waals surface area (Å²) in [7, 11) is 0. The van der Waals surface area contributed by atoms with E-state index in [-0.39, 0.29) is 5.91 Å². The Kier molecular flexibility index (Phi) is 6.87. The highest BCUT2D eigenvalue weighted by atomic mass is 35.5. The van der Waals surface area contributed by atoms with Crippen molar-refractivity contribution in [2.75, 3.05) is 18.5 Å². The number of halogens is 1. The lowest BCUT2D eigenvalue weighted by Gasteiger charge is -2.15. The molecule has 0 radical (unpaired) electrons. The van der Waals surface area contributed by atoms with E-state index in [2.05, 4.69) is 17.2 Å². The lowest BCUT2D eigenvalue weighted by Crippen LogP contribution is -2.12. The van der Waals surface area contributed by atoms with Gasteiger partial charge in [0.25, 0.3) is 5.91 Å². The molecule has 0 fully saturated rings. The van der Waals surface area contributed by atoms with Crippen LogP contribution in [-0.2, 0) is 0 Å². The van der Waals surface area contributed by atoms with Crippen molar-refractivity contribution in [2.24, 2.45) is 0 Å². The minimum Gasteiger partial charge on any atom is -0.490 e. The van der Waals surface area contributed by atoms with Crippen LogP contribution in [0.25, 0.3) is 0 Å². The number of aromatic nitrogens is 1. The van der Waals surface area contributed by atoms with Crippen LogP contribution in [-0.4, -0.2) is 24.1 Å². The van der Waals surface area contributed by atoms with Gasteiger partial charge >= 0.3 is 0 Å². The molecule has 0 aliphatic rings. The third-order valence-electron chi connectivity index (χ3n) is 3.16. The number of hydrogen-bond acceptors (Lipinski definition) is 5. The minimum absolute atomic E-state index is 0.285. The number of amides is 1. The van der Waals surface area contributed by atoms with Crippen molar-refractivity contribution in [1.29, 1.82) is 0 Å². The SMILES string of the molecule is CCCCOc1c(Cl)cc(C(=O)Nc2ncc(C)s2)cc1OCC. The Morgan fingerprint density at radius 2 is 2.12 bits per heavy atom. The molecule has 130 valence electrons. The molecule has 0 atom stereocenters. The summed E-state index contributed by atoms with van der Waals surface area (Å²) in [5, 5.41) is 3.67. The summed E-state index contributed by atoms with van der Waals surface area (Å²) in [4.78, 5) is 17.6. The van der Waals surface area contributed by atoms with Gasteiger partial charge in [-0.3, -0.25) is 10.1 Å². The molecule has 0 saturated carbocycles. The monoisotopic (exact) mass is 368 g/mol. The number of benzene rings is 1. The maximum atomic E-state index is 12.4. The standard InChI is InChI=1S/C17H21ClN2O3S/c1-4-6-7-23-15-13(18)8-12(9-14(15)22-5-2)16(21)20-17-19-10-11(3)24-17/h8-10H,4-7H2,1-3H3,(H,19,20,21). The van der Waals surface area contributed by atoms with Crippen LogP contribution in [0.3, 0.4) is 0 Å². The maximum Gasteiger partial charge on any atom is 0.257 e. The molecule has 2 aromatic rings. The molecule has 5 nitrogen and oxygen atoms in total. The second-order valence-electron chi connectivity index (χ2n) is 5.15. The molecule has 1 heterocycles. The van der Waals surface area contributed by atoms with E-state index in [4.69, 9.17) is 21.1 Å². The third kappa shape index (κ3) is 4.85. The second kappa shape index (κ2) is 8.89. The van der Waals surface area contributed by atoms with Gasteiger partial charge in [-0.15, -0.1) is 11.3 Å². The molecule has 0 aliphatic heterocycles. The van der Waals surface area contributed by atoms with Crippen molar-refractivity contribution in [3.8, 4) is 11.5 Å². The van der Waals surface area contributed by atoms with Crippen molar-refractivity contribution >= 4 is 34.0 Å². The topological polar surface area (TPSA) is 60.5 Å². The van der Waals surface area contributed by atoms with Gasteiger partial charge in [-0.1, -0.05) is 24.9 Å². The van der Waals surface area contributed by atoms with Crippen LogP contribution >= 0.6 is 22.9 Å². The number of carbonyl (C=O) groups excluding carboxylic acids is 1. The molecule has 2 rings (SSSR count). The lowest BCUT2D eigenvalue weighted by atomic mass is 10.2. The van der Waals surface area contributed by atoms with Crippen LogP contribution in [0.1, 0.15) is 41.9 Å². The molecule has 0 spiro atoms. The largest absolute Gasteiger partial charge is 0.490 e. The van der Waals surface area contributed by atoms with E-state index < -0.39 is 0 Å². The summed E-state index contributed by atoms with van der Waals surface area (Å²) in [5.74, 6) is 0.669. The number of nitrogens with zero attached hydrogens (tertiary/aromatic N) is 1. The Bertz CT molecular complexity index is 703. The van der Waals surface area contributed by atoms with Gasteiger partial charge in [-0.25, -0.2) is 4.98 Å². The van der Waals surface area contributed by atoms with Crippen molar-refractivity contribution in [2.45, 2.75) is 33.6 Å². The Hall–Kier alpha value is -1.79. The Balaban J connectivity index is 2.22. The van der Waals surface area contributed by atoms with Crippen LogP contribution in [0.15, 0.2) is 18.3 Å². The first-order valence-electron chi connectivity index (χ1n) is 7.88. The minimum atomic E-state index is -0.285. The lowest BCUT2D eigenvalue weighted by molar-refractivity contribution is 0.102. The van der Waals surface area contributed by atoms with Crippen molar-refractivity contribution < 1.29 is 14.3 Å². The van der Waals surface area contributed by atoms with Crippen LogP contribution in [0.5, 0.6) is 11.5 Å². The molecule has 1 amide bonds. The molecule has 0 bridgehead atoms. The first-order valence-corrected chi connectivity index (χ1v) is 9.07. The van der Waals surface area contributed by atoms with Gasteiger partial charge in [0.05, 0.1) is 18.2 Å². The number of nitrogens with one attached hydrogen (secondary N) is 1. The van der Waals surface area contributed by atoms with E-state index in [0.29, 0.717) is 40.4 Å². The van der Waals surface area contributed by atoms with E-state index in [1.165, 1.54) is 11.3 Å². The molecule has 1 aromatic heterocycles. The first-order chi connectivity index (χ1) is 11.5. The summed E-state index contributed by atoms with van der Waals surface area (Å²) < 4.78 is 11.3. The molecular formula is C17H21ClN2O3S. The Morgan fingerprint density at radius 3 is 2.75 bits per heavy atom. The van der Waals surface area contributed by atoms with Gasteiger partial charge in [0.15, 0.2) is 16.6 Å². The van der Waals surface area contributed by atoms with E-state index in [1.807, 2.05) is 13.8 Å². The van der Waals surface area contributed by atoms with Gasteiger partial charge in [-0.05, 0) is 32.4 Å². The van der Waals surface area contributed by atoms with Crippen molar-refractivity contribution in [3.63, 3.8) is 0 Å². The molecule has 7 heteroatoms. The molecule has 0 saturated heterocycles. The highest BCUT2D eigenvalue weighted by Crippen LogP contribution is 2.37. The number of aryl methyl sites for hydroxylation is 1. The van der Waals surface area contributed by atoms with E-state index >= 15 is 0 Å². The highest BCUT2D eigenvalue weighted by molar-refractivity contribution is 7.15. The predicted octanol–water partition coefficient (Wildman–Crippen LogP) is 4.93. The summed E-state index contributed by atoms with van der Waals surface area (Å²) >= 11 is 7.72. The fraction of sp³-hybridized carbons (Fsp3) is 0.412. The van der Waals surface area contributed by atoms with Crippen molar-refractivity contribution in [3.05, 3.63) is 33.8 Å². The Labute approximate surface area is 151 Å². The first kappa shape index (κ1) is 18.5. The molecular weight excluding hydrogens is 348 g/mol. The molecule has 24 heavy (non-hydrogen) atoms. The van der Waals surface area contributed by atoms with Crippen LogP contribution in [0.4, 0.5) is 5.13 Å². The zero-order valence-electron chi connectivity index (χ0n) is 14.0. The predicted molar refractivity (Wildman–Crippen MR) is 97.8 cm³/mol. The summed E-state index contributed by atoms with van der Waals surface area (Å²) in [6, 6.07) is 3.23. The molecule has 1 N–H and O–H groups in total. The number of thiazole rings is 1. The van der Waals surface area contributed by atoms with Gasteiger partial charge < -0.3 is 9.47 Å². The molecule has 0 unspecified atom stereocenters.